The van der Waals surface area contributed by atoms with Gasteiger partial charge in [0.25, 0.3) is 0 Å². The van der Waals surface area contributed by atoms with Gasteiger partial charge in [0.2, 0.25) is 0 Å². The van der Waals surface area contributed by atoms with Crippen molar-refractivity contribution in [3.8, 4) is 0 Å². The van der Waals surface area contributed by atoms with Crippen LogP contribution in [0.1, 0.15) is 43.2 Å². The first-order valence-corrected chi connectivity index (χ1v) is 7.70. The van der Waals surface area contributed by atoms with Gasteiger partial charge in [-0.3, -0.25) is 0 Å². The Kier molecular flexibility index (Phi) is 3.90. The van der Waals surface area contributed by atoms with Crippen LogP contribution in [0.3, 0.4) is 0 Å². The summed E-state index contributed by atoms with van der Waals surface area (Å²) in [7, 11) is 2.09. The average molecular weight is 259 g/mol. The monoisotopic (exact) mass is 259 g/mol. The number of fused-ring (bicyclic) bond motifs is 1. The van der Waals surface area contributed by atoms with Crippen LogP contribution in [0.2, 0.25) is 0 Å². The first kappa shape index (κ1) is 13.1. The maximum Gasteiger partial charge on any atom is 0.0756 e. The molecular formula is C17H25NO. The van der Waals surface area contributed by atoms with Gasteiger partial charge >= 0.3 is 0 Å². The summed E-state index contributed by atoms with van der Waals surface area (Å²) in [6.07, 6.45) is 5.59. The second-order valence-electron chi connectivity index (χ2n) is 5.99. The number of hydrogen-bond acceptors (Lipinski definition) is 2. The van der Waals surface area contributed by atoms with E-state index in [1.165, 1.54) is 25.7 Å². The van der Waals surface area contributed by atoms with Crippen LogP contribution in [0.15, 0.2) is 24.3 Å². The van der Waals surface area contributed by atoms with Crippen molar-refractivity contribution in [2.24, 2.45) is 5.92 Å². The molecule has 104 valence electrons. The van der Waals surface area contributed by atoms with Crippen LogP contribution in [0.5, 0.6) is 0 Å². The Morgan fingerprint density at radius 1 is 1.32 bits per heavy atom. The molecule has 0 heterocycles. The molecule has 1 N–H and O–H groups in total. The van der Waals surface area contributed by atoms with E-state index in [9.17, 15) is 0 Å². The molecule has 0 aliphatic heterocycles. The second kappa shape index (κ2) is 5.64. The van der Waals surface area contributed by atoms with Crippen molar-refractivity contribution in [1.82, 2.24) is 5.32 Å². The smallest absolute Gasteiger partial charge is 0.0756 e. The molecule has 2 aliphatic carbocycles. The summed E-state index contributed by atoms with van der Waals surface area (Å²) in [6.45, 7) is 2.95. The van der Waals surface area contributed by atoms with E-state index in [1.54, 1.807) is 11.1 Å². The summed E-state index contributed by atoms with van der Waals surface area (Å²) in [6, 6.07) is 9.38. The highest BCUT2D eigenvalue weighted by molar-refractivity contribution is 5.40. The molecule has 0 amide bonds. The molecule has 1 fully saturated rings. The van der Waals surface area contributed by atoms with Gasteiger partial charge in [-0.15, -0.1) is 0 Å². The van der Waals surface area contributed by atoms with Crippen LogP contribution in [0, 0.1) is 5.92 Å². The summed E-state index contributed by atoms with van der Waals surface area (Å²) in [5.74, 6) is 1.53. The summed E-state index contributed by atoms with van der Waals surface area (Å²) < 4.78 is 6.01. The number of hydrogen-bond donors (Lipinski definition) is 1. The second-order valence-corrected chi connectivity index (χ2v) is 5.99. The van der Waals surface area contributed by atoms with Crippen molar-refractivity contribution in [3.05, 3.63) is 35.4 Å². The number of benzene rings is 1. The largest absolute Gasteiger partial charge is 0.377 e. The molecule has 2 nitrogen and oxygen atoms in total. The van der Waals surface area contributed by atoms with E-state index in [0.717, 1.165) is 18.4 Å². The predicted octanol–water partition coefficient (Wildman–Crippen LogP) is 3.12. The van der Waals surface area contributed by atoms with Gasteiger partial charge in [-0.05, 0) is 62.6 Å². The van der Waals surface area contributed by atoms with Crippen molar-refractivity contribution in [1.29, 1.82) is 0 Å². The molecule has 1 aromatic carbocycles. The molecule has 3 rings (SSSR count). The molecule has 2 aliphatic rings. The Labute approximate surface area is 116 Å². The Morgan fingerprint density at radius 3 is 2.74 bits per heavy atom. The van der Waals surface area contributed by atoms with E-state index in [4.69, 9.17) is 4.74 Å². The van der Waals surface area contributed by atoms with E-state index >= 15 is 0 Å². The fourth-order valence-electron chi connectivity index (χ4n) is 3.49. The van der Waals surface area contributed by atoms with Crippen LogP contribution in [0.25, 0.3) is 0 Å². The topological polar surface area (TPSA) is 21.3 Å². The first-order chi connectivity index (χ1) is 9.33. The fourth-order valence-corrected chi connectivity index (χ4v) is 3.49. The lowest BCUT2D eigenvalue weighted by atomic mass is 9.73. The van der Waals surface area contributed by atoms with Gasteiger partial charge in [0.1, 0.15) is 0 Å². The van der Waals surface area contributed by atoms with Crippen LogP contribution >= 0.6 is 0 Å². The number of likely N-dealkylation sites (N-methyl/N-ethyl adjacent to an activating group) is 1. The van der Waals surface area contributed by atoms with E-state index in [0.29, 0.717) is 12.1 Å². The normalized spacial score (nSPS) is 24.4. The first-order valence-electron chi connectivity index (χ1n) is 7.70. The molecule has 0 saturated heterocycles. The molecule has 0 bridgehead atoms. The van der Waals surface area contributed by atoms with Gasteiger partial charge in [0.05, 0.1) is 6.10 Å². The zero-order chi connectivity index (χ0) is 13.2. The molecule has 2 heteroatoms. The van der Waals surface area contributed by atoms with Crippen molar-refractivity contribution >= 4 is 0 Å². The van der Waals surface area contributed by atoms with Crippen LogP contribution < -0.4 is 5.32 Å². The lowest BCUT2D eigenvalue weighted by Gasteiger charge is -2.36. The zero-order valence-corrected chi connectivity index (χ0v) is 12.1. The molecule has 0 aromatic heterocycles. The minimum Gasteiger partial charge on any atom is -0.377 e. The van der Waals surface area contributed by atoms with E-state index in [1.807, 2.05) is 0 Å². The van der Waals surface area contributed by atoms with Crippen molar-refractivity contribution in [2.75, 3.05) is 13.7 Å². The predicted molar refractivity (Wildman–Crippen MR) is 78.5 cm³/mol. The zero-order valence-electron chi connectivity index (χ0n) is 12.1. The van der Waals surface area contributed by atoms with Gasteiger partial charge in [-0.25, -0.2) is 0 Å². The summed E-state index contributed by atoms with van der Waals surface area (Å²) in [4.78, 5) is 0. The summed E-state index contributed by atoms with van der Waals surface area (Å²) in [5.41, 5.74) is 3.11. The third kappa shape index (κ3) is 2.70. The molecular weight excluding hydrogens is 234 g/mol. The highest BCUT2D eigenvalue weighted by Crippen LogP contribution is 2.42. The molecule has 3 unspecified atom stereocenters. The number of rotatable bonds is 7. The molecule has 3 atom stereocenters. The maximum atomic E-state index is 6.01. The van der Waals surface area contributed by atoms with Crippen molar-refractivity contribution in [2.45, 2.75) is 50.7 Å². The van der Waals surface area contributed by atoms with Crippen LogP contribution in [-0.2, 0) is 11.2 Å². The lowest BCUT2D eigenvalue weighted by molar-refractivity contribution is 0.0166. The minimum atomic E-state index is 0.419. The van der Waals surface area contributed by atoms with Gasteiger partial charge in [0, 0.05) is 12.6 Å². The number of nitrogens with one attached hydrogen (secondary N) is 1. The van der Waals surface area contributed by atoms with Crippen LogP contribution in [-0.4, -0.2) is 25.8 Å². The Bertz CT molecular complexity index is 427. The quantitative estimate of drug-likeness (QED) is 0.812. The van der Waals surface area contributed by atoms with E-state index < -0.39 is 0 Å². The number of ether oxygens (including phenoxy) is 1. The fraction of sp³-hybridized carbons (Fsp3) is 0.647. The molecule has 1 saturated carbocycles. The SMILES string of the molecule is CCOC(C1CC1)C(CC1Cc2ccccc21)NC. The van der Waals surface area contributed by atoms with E-state index in [2.05, 4.69) is 43.6 Å². The van der Waals surface area contributed by atoms with Crippen LogP contribution in [0.4, 0.5) is 0 Å². The average Bonchev–Trinajstić information content (AvgIpc) is 3.23. The Morgan fingerprint density at radius 2 is 2.11 bits per heavy atom. The minimum absolute atomic E-state index is 0.419. The lowest BCUT2D eigenvalue weighted by Crippen LogP contribution is -2.43. The molecule has 0 spiro atoms. The van der Waals surface area contributed by atoms with Crippen molar-refractivity contribution in [3.63, 3.8) is 0 Å². The van der Waals surface area contributed by atoms with Gasteiger partial charge in [0.15, 0.2) is 0 Å². The highest BCUT2D eigenvalue weighted by Gasteiger charge is 2.39. The van der Waals surface area contributed by atoms with E-state index in [-0.39, 0.29) is 0 Å². The Hall–Kier alpha value is -0.860. The van der Waals surface area contributed by atoms with Gasteiger partial charge < -0.3 is 10.1 Å². The standard InChI is InChI=1S/C17H25NO/c1-3-19-17(12-8-9-12)16(18-2)11-14-10-13-6-4-5-7-15(13)14/h4-7,12,14,16-18H,3,8-11H2,1-2H3. The third-order valence-corrected chi connectivity index (χ3v) is 4.71. The Balaban J connectivity index is 1.64. The van der Waals surface area contributed by atoms with Gasteiger partial charge in [-0.1, -0.05) is 24.3 Å². The molecule has 19 heavy (non-hydrogen) atoms. The highest BCUT2D eigenvalue weighted by atomic mass is 16.5. The summed E-state index contributed by atoms with van der Waals surface area (Å²) in [5, 5.41) is 3.51. The molecule has 0 radical (unpaired) electrons. The molecule has 1 aromatic rings. The van der Waals surface area contributed by atoms with Crippen molar-refractivity contribution < 1.29 is 4.74 Å². The van der Waals surface area contributed by atoms with Gasteiger partial charge in [-0.2, -0.15) is 0 Å². The third-order valence-electron chi connectivity index (χ3n) is 4.71. The maximum absolute atomic E-state index is 6.01. The summed E-state index contributed by atoms with van der Waals surface area (Å²) >= 11 is 0.